The predicted molar refractivity (Wildman–Crippen MR) is 130 cm³/mol. The number of carbonyl (C=O) groups excluding carboxylic acids is 4. The Morgan fingerprint density at radius 1 is 0.649 bits per heavy atom. The van der Waals surface area contributed by atoms with Gasteiger partial charge < -0.3 is 29.6 Å². The summed E-state index contributed by atoms with van der Waals surface area (Å²) >= 11 is 0. The van der Waals surface area contributed by atoms with Gasteiger partial charge in [-0.2, -0.15) is 0 Å². The summed E-state index contributed by atoms with van der Waals surface area (Å²) in [4.78, 5) is 50.2. The molecule has 0 aliphatic heterocycles. The number of amides is 2. The molecule has 2 aromatic rings. The second-order valence-electron chi connectivity index (χ2n) is 9.73. The molecule has 0 atom stereocenters. The van der Waals surface area contributed by atoms with Gasteiger partial charge in [0.1, 0.15) is 24.3 Å². The lowest BCUT2D eigenvalue weighted by Crippen LogP contribution is -2.76. The van der Waals surface area contributed by atoms with Crippen molar-refractivity contribution in [2.75, 3.05) is 14.2 Å². The van der Waals surface area contributed by atoms with Gasteiger partial charge in [-0.25, -0.2) is 19.2 Å². The van der Waals surface area contributed by atoms with Crippen molar-refractivity contribution in [2.24, 2.45) is 5.41 Å². The van der Waals surface area contributed by atoms with Crippen molar-refractivity contribution in [3.8, 4) is 0 Å². The number of nitrogens with one attached hydrogen (secondary N) is 2. The highest BCUT2D eigenvalue weighted by atomic mass is 16.6. The lowest BCUT2D eigenvalue weighted by molar-refractivity contribution is -0.185. The third-order valence-electron chi connectivity index (χ3n) is 6.97. The van der Waals surface area contributed by atoms with E-state index >= 15 is 0 Å². The minimum atomic E-state index is -1.28. The summed E-state index contributed by atoms with van der Waals surface area (Å²) in [5.41, 5.74) is -1.41. The van der Waals surface area contributed by atoms with E-state index in [4.69, 9.17) is 18.9 Å². The summed E-state index contributed by atoms with van der Waals surface area (Å²) in [6, 6.07) is 18.3. The number of carbonyl (C=O) groups is 4. The quantitative estimate of drug-likeness (QED) is 0.409. The van der Waals surface area contributed by atoms with Gasteiger partial charge in [-0.05, 0) is 42.2 Å². The highest BCUT2D eigenvalue weighted by Crippen LogP contribution is 2.64. The fourth-order valence-electron chi connectivity index (χ4n) is 5.57. The first-order chi connectivity index (χ1) is 17.7. The van der Waals surface area contributed by atoms with E-state index in [2.05, 4.69) is 10.6 Å². The molecule has 2 aliphatic carbocycles. The SMILES string of the molecule is COC(=O)C1(NC(=O)OCc2ccccc2)CC2(C1)CC(NC(=O)OCc1ccccc1)(C(=O)OC)C2. The summed E-state index contributed by atoms with van der Waals surface area (Å²) in [5.74, 6) is -1.19. The van der Waals surface area contributed by atoms with E-state index < -0.39 is 40.6 Å². The van der Waals surface area contributed by atoms with Crippen LogP contribution in [0, 0.1) is 5.41 Å². The number of alkyl carbamates (subject to hydrolysis) is 2. The molecule has 2 amide bonds. The zero-order valence-electron chi connectivity index (χ0n) is 20.8. The number of hydrogen-bond acceptors (Lipinski definition) is 8. The van der Waals surface area contributed by atoms with Crippen molar-refractivity contribution in [1.82, 2.24) is 10.6 Å². The lowest BCUT2D eigenvalue weighted by Gasteiger charge is -2.64. The first-order valence-corrected chi connectivity index (χ1v) is 11.9. The first-order valence-electron chi connectivity index (χ1n) is 11.9. The van der Waals surface area contributed by atoms with Gasteiger partial charge in [0.25, 0.3) is 0 Å². The van der Waals surface area contributed by atoms with Crippen molar-refractivity contribution in [1.29, 1.82) is 0 Å². The Labute approximate surface area is 214 Å². The highest BCUT2D eigenvalue weighted by molar-refractivity contribution is 5.90. The Bertz CT molecular complexity index is 1040. The molecule has 196 valence electrons. The van der Waals surface area contributed by atoms with Crippen molar-refractivity contribution in [3.63, 3.8) is 0 Å². The maximum atomic E-state index is 12.6. The highest BCUT2D eigenvalue weighted by Gasteiger charge is 2.71. The Hall–Kier alpha value is -4.08. The van der Waals surface area contributed by atoms with Crippen LogP contribution in [0.25, 0.3) is 0 Å². The molecule has 0 heterocycles. The number of benzene rings is 2. The van der Waals surface area contributed by atoms with Crippen LogP contribution in [0.2, 0.25) is 0 Å². The minimum Gasteiger partial charge on any atom is -0.467 e. The monoisotopic (exact) mass is 510 g/mol. The van der Waals surface area contributed by atoms with Crippen LogP contribution in [-0.4, -0.2) is 49.4 Å². The first kappa shape index (κ1) is 26.0. The standard InChI is InChI=1S/C27H30N2O8/c1-34-21(30)26(28-23(32)36-13-19-9-5-3-6-10-19)15-25(16-26)17-27(18-25,22(31)35-2)29-24(33)37-14-20-11-7-4-8-12-20/h3-12H,13-18H2,1-2H3,(H,28,32)(H,29,33). The van der Waals surface area contributed by atoms with Crippen LogP contribution in [0.1, 0.15) is 36.8 Å². The molecule has 0 unspecified atom stereocenters. The minimum absolute atomic E-state index is 0.0511. The Balaban J connectivity index is 1.36. The van der Waals surface area contributed by atoms with Gasteiger partial charge in [-0.1, -0.05) is 60.7 Å². The third-order valence-corrected chi connectivity index (χ3v) is 6.97. The Morgan fingerprint density at radius 2 is 1.00 bits per heavy atom. The molecule has 10 nitrogen and oxygen atoms in total. The fraction of sp³-hybridized carbons (Fsp3) is 0.407. The van der Waals surface area contributed by atoms with E-state index in [-0.39, 0.29) is 38.9 Å². The summed E-state index contributed by atoms with van der Waals surface area (Å²) in [6.45, 7) is 0.102. The van der Waals surface area contributed by atoms with Gasteiger partial charge in [0.2, 0.25) is 0 Å². The van der Waals surface area contributed by atoms with Gasteiger partial charge in [-0.15, -0.1) is 0 Å². The fourth-order valence-corrected chi connectivity index (χ4v) is 5.57. The molecular formula is C27H30N2O8. The number of rotatable bonds is 8. The molecular weight excluding hydrogens is 480 g/mol. The van der Waals surface area contributed by atoms with Gasteiger partial charge in [0.05, 0.1) is 14.2 Å². The average molecular weight is 511 g/mol. The molecule has 1 spiro atoms. The molecule has 2 N–H and O–H groups in total. The smallest absolute Gasteiger partial charge is 0.408 e. The molecule has 0 saturated heterocycles. The predicted octanol–water partition coefficient (Wildman–Crippen LogP) is 3.24. The van der Waals surface area contributed by atoms with Gasteiger partial charge in [-0.3, -0.25) is 0 Å². The molecule has 0 bridgehead atoms. The summed E-state index contributed by atoms with van der Waals surface area (Å²) in [6.07, 6.45) is -0.575. The Kier molecular flexibility index (Phi) is 7.37. The molecule has 10 heteroatoms. The van der Waals surface area contributed by atoms with Gasteiger partial charge in [0.15, 0.2) is 0 Å². The summed E-state index contributed by atoms with van der Waals surface area (Å²) in [7, 11) is 2.49. The number of esters is 2. The van der Waals surface area contributed by atoms with Gasteiger partial charge >= 0.3 is 24.1 Å². The normalized spacial score (nSPS) is 25.6. The van der Waals surface area contributed by atoms with E-state index in [1.54, 1.807) is 0 Å². The van der Waals surface area contributed by atoms with E-state index in [1.807, 2.05) is 60.7 Å². The molecule has 0 aromatic heterocycles. The van der Waals surface area contributed by atoms with Crippen LogP contribution in [0.3, 0.4) is 0 Å². The zero-order valence-corrected chi connectivity index (χ0v) is 20.8. The van der Waals surface area contributed by atoms with Crippen molar-refractivity contribution in [3.05, 3.63) is 71.8 Å². The molecule has 2 saturated carbocycles. The van der Waals surface area contributed by atoms with Crippen LogP contribution in [0.5, 0.6) is 0 Å². The second kappa shape index (κ2) is 10.5. The molecule has 4 rings (SSSR count). The van der Waals surface area contributed by atoms with Gasteiger partial charge in [0, 0.05) is 0 Å². The van der Waals surface area contributed by atoms with Crippen LogP contribution in [-0.2, 0) is 41.8 Å². The Morgan fingerprint density at radius 3 is 1.32 bits per heavy atom. The zero-order chi connectivity index (χ0) is 26.5. The maximum absolute atomic E-state index is 12.6. The molecule has 0 radical (unpaired) electrons. The van der Waals surface area contributed by atoms with E-state index in [1.165, 1.54) is 14.2 Å². The van der Waals surface area contributed by atoms with Crippen LogP contribution in [0.4, 0.5) is 9.59 Å². The largest absolute Gasteiger partial charge is 0.467 e. The van der Waals surface area contributed by atoms with E-state index in [9.17, 15) is 19.2 Å². The van der Waals surface area contributed by atoms with E-state index in [0.717, 1.165) is 11.1 Å². The average Bonchev–Trinajstić information content (AvgIpc) is 2.88. The van der Waals surface area contributed by atoms with Crippen molar-refractivity contribution < 1.29 is 38.1 Å². The van der Waals surface area contributed by atoms with Crippen molar-refractivity contribution in [2.45, 2.75) is 50.0 Å². The topological polar surface area (TPSA) is 129 Å². The summed E-state index contributed by atoms with van der Waals surface area (Å²) in [5, 5.41) is 5.32. The van der Waals surface area contributed by atoms with Crippen LogP contribution < -0.4 is 10.6 Å². The van der Waals surface area contributed by atoms with Crippen molar-refractivity contribution >= 4 is 24.1 Å². The maximum Gasteiger partial charge on any atom is 0.408 e. The summed E-state index contributed by atoms with van der Waals surface area (Å²) < 4.78 is 20.5. The number of methoxy groups -OCH3 is 2. The molecule has 2 aromatic carbocycles. The second-order valence-corrected chi connectivity index (χ2v) is 9.73. The molecule has 2 fully saturated rings. The molecule has 2 aliphatic rings. The number of ether oxygens (including phenoxy) is 4. The number of hydrogen-bond donors (Lipinski definition) is 2. The lowest BCUT2D eigenvalue weighted by atomic mass is 9.43. The van der Waals surface area contributed by atoms with Crippen LogP contribution in [0.15, 0.2) is 60.7 Å². The van der Waals surface area contributed by atoms with E-state index in [0.29, 0.717) is 0 Å². The molecule has 37 heavy (non-hydrogen) atoms. The third kappa shape index (κ3) is 5.52. The van der Waals surface area contributed by atoms with Crippen LogP contribution >= 0.6 is 0 Å².